The first-order chi connectivity index (χ1) is 9.06. The van der Waals surface area contributed by atoms with Gasteiger partial charge in [-0.1, -0.05) is 12.8 Å². The Balaban J connectivity index is 2.42. The first-order valence-corrected chi connectivity index (χ1v) is 6.95. The fourth-order valence-corrected chi connectivity index (χ4v) is 2.46. The topological polar surface area (TPSA) is 81.7 Å². The van der Waals surface area contributed by atoms with E-state index in [-0.39, 0.29) is 12.1 Å². The van der Waals surface area contributed by atoms with E-state index in [1.54, 1.807) is 11.9 Å². The summed E-state index contributed by atoms with van der Waals surface area (Å²) in [4.78, 5) is 24.7. The molecule has 3 N–H and O–H groups in total. The van der Waals surface area contributed by atoms with Crippen LogP contribution in [0.3, 0.4) is 0 Å². The number of rotatable bonds is 6. The molecular weight excluding hydrogens is 246 g/mol. The predicted octanol–water partition coefficient (Wildman–Crippen LogP) is 0.881. The molecule has 6 heteroatoms. The largest absolute Gasteiger partial charge is 0.481 e. The van der Waals surface area contributed by atoms with Crippen molar-refractivity contribution in [2.75, 3.05) is 27.2 Å². The van der Waals surface area contributed by atoms with Gasteiger partial charge in [-0.05, 0) is 32.9 Å². The van der Waals surface area contributed by atoms with Gasteiger partial charge in [-0.15, -0.1) is 0 Å². The molecule has 0 aliphatic heterocycles. The maximum absolute atomic E-state index is 12.0. The molecule has 0 aromatic heterocycles. The maximum Gasteiger partial charge on any atom is 0.317 e. The first-order valence-electron chi connectivity index (χ1n) is 6.95. The summed E-state index contributed by atoms with van der Waals surface area (Å²) in [5.41, 5.74) is 0. The van der Waals surface area contributed by atoms with Crippen LogP contribution in [-0.4, -0.2) is 55.2 Å². The Kier molecular flexibility index (Phi) is 6.62. The van der Waals surface area contributed by atoms with Crippen molar-refractivity contribution >= 4 is 12.0 Å². The summed E-state index contributed by atoms with van der Waals surface area (Å²) in [5.74, 6) is -1.24. The Morgan fingerprint density at radius 2 is 2.00 bits per heavy atom. The van der Waals surface area contributed by atoms with E-state index in [0.29, 0.717) is 13.0 Å². The molecule has 0 radical (unpaired) electrons. The van der Waals surface area contributed by atoms with Crippen LogP contribution in [0.1, 0.15) is 32.1 Å². The van der Waals surface area contributed by atoms with Crippen molar-refractivity contribution in [3.8, 4) is 0 Å². The molecular formula is C13H25N3O3. The molecule has 110 valence electrons. The number of urea groups is 1. The molecule has 19 heavy (non-hydrogen) atoms. The van der Waals surface area contributed by atoms with E-state index in [1.807, 2.05) is 7.05 Å². The third kappa shape index (κ3) is 5.06. The summed E-state index contributed by atoms with van der Waals surface area (Å²) in [7, 11) is 3.61. The number of hydrogen-bond donors (Lipinski definition) is 3. The normalized spacial score (nSPS) is 22.8. The van der Waals surface area contributed by atoms with Crippen molar-refractivity contribution < 1.29 is 14.7 Å². The van der Waals surface area contributed by atoms with Gasteiger partial charge in [0, 0.05) is 19.6 Å². The minimum atomic E-state index is -0.803. The first kappa shape index (κ1) is 15.8. The molecule has 2 atom stereocenters. The van der Waals surface area contributed by atoms with E-state index in [9.17, 15) is 9.59 Å². The summed E-state index contributed by atoms with van der Waals surface area (Å²) in [6, 6.07) is -0.403. The molecule has 1 aliphatic rings. The van der Waals surface area contributed by atoms with Gasteiger partial charge in [0.05, 0.1) is 5.92 Å². The summed E-state index contributed by atoms with van der Waals surface area (Å²) >= 11 is 0. The van der Waals surface area contributed by atoms with Crippen LogP contribution in [0.25, 0.3) is 0 Å². The van der Waals surface area contributed by atoms with Crippen LogP contribution >= 0.6 is 0 Å². The van der Waals surface area contributed by atoms with Crippen molar-refractivity contribution in [1.29, 1.82) is 0 Å². The zero-order chi connectivity index (χ0) is 14.3. The predicted molar refractivity (Wildman–Crippen MR) is 73.1 cm³/mol. The van der Waals surface area contributed by atoms with Gasteiger partial charge in [0.1, 0.15) is 0 Å². The zero-order valence-electron chi connectivity index (χ0n) is 11.8. The third-order valence-electron chi connectivity index (χ3n) is 3.66. The average Bonchev–Trinajstić information content (AvgIpc) is 2.39. The van der Waals surface area contributed by atoms with Crippen LogP contribution in [0.5, 0.6) is 0 Å². The molecule has 0 heterocycles. The Labute approximate surface area is 114 Å². The molecule has 2 amide bonds. The van der Waals surface area contributed by atoms with E-state index in [2.05, 4.69) is 10.6 Å². The van der Waals surface area contributed by atoms with Crippen molar-refractivity contribution in [1.82, 2.24) is 15.5 Å². The molecule has 1 fully saturated rings. The lowest BCUT2D eigenvalue weighted by Gasteiger charge is -2.31. The van der Waals surface area contributed by atoms with Crippen molar-refractivity contribution in [3.05, 3.63) is 0 Å². The van der Waals surface area contributed by atoms with Crippen LogP contribution in [-0.2, 0) is 4.79 Å². The molecule has 0 bridgehead atoms. The van der Waals surface area contributed by atoms with E-state index in [0.717, 1.165) is 32.2 Å². The van der Waals surface area contributed by atoms with Crippen molar-refractivity contribution in [2.24, 2.45) is 5.92 Å². The quantitative estimate of drug-likeness (QED) is 0.626. The lowest BCUT2D eigenvalue weighted by atomic mass is 9.84. The Hall–Kier alpha value is -1.30. The SMILES string of the molecule is CNCCCN(C)C(=O)NC1CCCCC1C(=O)O. The minimum absolute atomic E-state index is 0.172. The van der Waals surface area contributed by atoms with Crippen LogP contribution in [0.4, 0.5) is 4.79 Å². The molecule has 1 aliphatic carbocycles. The van der Waals surface area contributed by atoms with Gasteiger partial charge in [-0.3, -0.25) is 4.79 Å². The van der Waals surface area contributed by atoms with Crippen LogP contribution in [0, 0.1) is 5.92 Å². The number of carboxylic acids is 1. The maximum atomic E-state index is 12.0. The molecule has 0 saturated heterocycles. The Morgan fingerprint density at radius 3 is 2.63 bits per heavy atom. The fraction of sp³-hybridized carbons (Fsp3) is 0.846. The van der Waals surface area contributed by atoms with Gasteiger partial charge < -0.3 is 20.6 Å². The highest BCUT2D eigenvalue weighted by Gasteiger charge is 2.32. The standard InChI is InChI=1S/C13H25N3O3/c1-14-8-5-9-16(2)13(19)15-11-7-4-3-6-10(11)12(17)18/h10-11,14H,3-9H2,1-2H3,(H,15,19)(H,17,18). The average molecular weight is 271 g/mol. The summed E-state index contributed by atoms with van der Waals surface area (Å²) in [6.07, 6.45) is 4.21. The number of nitrogens with one attached hydrogen (secondary N) is 2. The fourth-order valence-electron chi connectivity index (χ4n) is 2.46. The number of amides is 2. The molecule has 1 saturated carbocycles. The molecule has 0 aromatic rings. The van der Waals surface area contributed by atoms with Gasteiger partial charge in [0.2, 0.25) is 0 Å². The highest BCUT2D eigenvalue weighted by atomic mass is 16.4. The molecule has 0 aromatic carbocycles. The van der Waals surface area contributed by atoms with Crippen LogP contribution in [0.15, 0.2) is 0 Å². The monoisotopic (exact) mass is 271 g/mol. The van der Waals surface area contributed by atoms with E-state index in [4.69, 9.17) is 5.11 Å². The number of aliphatic carboxylic acids is 1. The smallest absolute Gasteiger partial charge is 0.317 e. The number of carboxylic acid groups (broad SMARTS) is 1. The molecule has 1 rings (SSSR count). The Bertz CT molecular complexity index is 310. The number of nitrogens with zero attached hydrogens (tertiary/aromatic N) is 1. The van der Waals surface area contributed by atoms with E-state index >= 15 is 0 Å². The summed E-state index contributed by atoms with van der Waals surface area (Å²) in [6.45, 7) is 1.52. The van der Waals surface area contributed by atoms with Crippen molar-refractivity contribution in [2.45, 2.75) is 38.1 Å². The molecule has 2 unspecified atom stereocenters. The molecule has 0 spiro atoms. The minimum Gasteiger partial charge on any atom is -0.481 e. The van der Waals surface area contributed by atoms with Gasteiger partial charge in [-0.2, -0.15) is 0 Å². The van der Waals surface area contributed by atoms with Crippen LogP contribution in [0.2, 0.25) is 0 Å². The second-order valence-corrected chi connectivity index (χ2v) is 5.16. The van der Waals surface area contributed by atoms with Gasteiger partial charge in [-0.25, -0.2) is 4.79 Å². The lowest BCUT2D eigenvalue weighted by molar-refractivity contribution is -0.143. The lowest BCUT2D eigenvalue weighted by Crippen LogP contribution is -2.49. The van der Waals surface area contributed by atoms with Crippen LogP contribution < -0.4 is 10.6 Å². The van der Waals surface area contributed by atoms with Gasteiger partial charge in [0.25, 0.3) is 0 Å². The second kappa shape index (κ2) is 7.99. The Morgan fingerprint density at radius 1 is 1.32 bits per heavy atom. The zero-order valence-corrected chi connectivity index (χ0v) is 11.8. The second-order valence-electron chi connectivity index (χ2n) is 5.16. The highest BCUT2D eigenvalue weighted by Crippen LogP contribution is 2.24. The summed E-state index contributed by atoms with van der Waals surface area (Å²) < 4.78 is 0. The third-order valence-corrected chi connectivity index (χ3v) is 3.66. The number of hydrogen-bond acceptors (Lipinski definition) is 3. The number of carbonyl (C=O) groups excluding carboxylic acids is 1. The number of carbonyl (C=O) groups is 2. The van der Waals surface area contributed by atoms with Gasteiger partial charge in [0.15, 0.2) is 0 Å². The van der Waals surface area contributed by atoms with Gasteiger partial charge >= 0.3 is 12.0 Å². The van der Waals surface area contributed by atoms with E-state index in [1.165, 1.54) is 0 Å². The summed E-state index contributed by atoms with van der Waals surface area (Å²) in [5, 5.41) is 15.1. The van der Waals surface area contributed by atoms with Crippen molar-refractivity contribution in [3.63, 3.8) is 0 Å². The molecule has 6 nitrogen and oxygen atoms in total. The highest BCUT2D eigenvalue weighted by molar-refractivity contribution is 5.76. The van der Waals surface area contributed by atoms with E-state index < -0.39 is 11.9 Å².